The number of nitrogens with zero attached hydrogens (tertiary/aromatic N) is 2. The molecule has 0 radical (unpaired) electrons. The van der Waals surface area contributed by atoms with Crippen LogP contribution in [0.15, 0.2) is 188 Å². The first-order chi connectivity index (χ1) is 24.2. The number of hydrogen-bond donors (Lipinski definition) is 0. The van der Waals surface area contributed by atoms with E-state index in [4.69, 9.17) is 11.6 Å². The lowest BCUT2D eigenvalue weighted by molar-refractivity contribution is 1.29. The maximum absolute atomic E-state index is 7.20. The van der Waals surface area contributed by atoms with Crippen molar-refractivity contribution in [3.8, 4) is 22.3 Å². The van der Waals surface area contributed by atoms with Gasteiger partial charge in [-0.2, -0.15) is 0 Å². The summed E-state index contributed by atoms with van der Waals surface area (Å²) in [4.78, 5) is 7.01. The van der Waals surface area contributed by atoms with E-state index in [1.165, 1.54) is 48.2 Å². The van der Waals surface area contributed by atoms with Gasteiger partial charge < -0.3 is 4.90 Å². The van der Waals surface area contributed by atoms with E-state index in [9.17, 15) is 0 Å². The van der Waals surface area contributed by atoms with Crippen LogP contribution in [0.5, 0.6) is 0 Å². The Kier molecular flexibility index (Phi) is 7.23. The smallest absolute Gasteiger partial charge is 0.182 e. The van der Waals surface area contributed by atoms with E-state index in [-0.39, 0.29) is 0 Å². The minimum atomic E-state index is -2.72. The highest BCUT2D eigenvalue weighted by Gasteiger charge is 2.49. The van der Waals surface area contributed by atoms with Crippen LogP contribution in [-0.2, 0) is 0 Å². The first-order valence-corrected chi connectivity index (χ1v) is 18.9. The summed E-state index contributed by atoms with van der Waals surface area (Å²) >= 11 is 7.20. The normalized spacial score (nSPS) is 14.7. The van der Waals surface area contributed by atoms with Crippen LogP contribution in [0.1, 0.15) is 0 Å². The molecule has 7 aromatic carbocycles. The Morgan fingerprint density at radius 1 is 0.469 bits per heavy atom. The van der Waals surface area contributed by atoms with E-state index >= 15 is 0 Å². The molecule has 0 bridgehead atoms. The second kappa shape index (κ2) is 12.1. The quantitative estimate of drug-likeness (QED) is 0.165. The number of rotatable bonds is 6. The Hall–Kier alpha value is -5.74. The molecule has 2 heterocycles. The summed E-state index contributed by atoms with van der Waals surface area (Å²) in [6.07, 6.45) is 3.92. The molecular weight excluding hydrogens is 632 g/mol. The van der Waals surface area contributed by atoms with E-state index in [2.05, 4.69) is 186 Å². The molecule has 1 aliphatic heterocycles. The summed E-state index contributed by atoms with van der Waals surface area (Å²) in [6.45, 7) is 0. The third kappa shape index (κ3) is 4.82. The van der Waals surface area contributed by atoms with Crippen molar-refractivity contribution in [2.45, 2.75) is 0 Å². The van der Waals surface area contributed by atoms with Gasteiger partial charge in [0.1, 0.15) is 0 Å². The molecule has 0 aliphatic carbocycles. The molecule has 49 heavy (non-hydrogen) atoms. The third-order valence-corrected chi connectivity index (χ3v) is 15.0. The zero-order chi connectivity index (χ0) is 32.8. The Labute approximate surface area is 292 Å². The van der Waals surface area contributed by atoms with Crippen LogP contribution in [0, 0.1) is 0 Å². The van der Waals surface area contributed by atoms with Crippen molar-refractivity contribution in [1.82, 2.24) is 4.98 Å². The standard InChI is InChI=1S/C45H31ClN2Si/c46-42-18-9-19-44-45(42)41-30-38(26-27-43(41)49(44,39-15-5-2-6-16-39)40-17-10-28-47-31-40)48(37-25-22-33-13-7-8-14-35(33)29-37)36-23-20-34(21-24-36)32-11-3-1-4-12-32/h1-31H. The van der Waals surface area contributed by atoms with Gasteiger partial charge in [0, 0.05) is 40.0 Å². The van der Waals surface area contributed by atoms with Crippen LogP contribution in [0.4, 0.5) is 17.1 Å². The predicted molar refractivity (Wildman–Crippen MR) is 209 cm³/mol. The number of pyridine rings is 1. The predicted octanol–water partition coefficient (Wildman–Crippen LogP) is 9.38. The fourth-order valence-corrected chi connectivity index (χ4v) is 13.2. The molecule has 0 N–H and O–H groups in total. The first-order valence-electron chi connectivity index (χ1n) is 16.6. The van der Waals surface area contributed by atoms with Gasteiger partial charge in [0.15, 0.2) is 8.07 Å². The van der Waals surface area contributed by atoms with Crippen molar-refractivity contribution >= 4 is 68.3 Å². The molecule has 0 spiro atoms. The van der Waals surface area contributed by atoms with Crippen LogP contribution in [0.25, 0.3) is 33.0 Å². The zero-order valence-corrected chi connectivity index (χ0v) is 28.4. The molecule has 8 aromatic rings. The van der Waals surface area contributed by atoms with Gasteiger partial charge >= 0.3 is 0 Å². The monoisotopic (exact) mass is 662 g/mol. The van der Waals surface area contributed by atoms with Gasteiger partial charge in [-0.15, -0.1) is 0 Å². The van der Waals surface area contributed by atoms with Crippen LogP contribution in [-0.4, -0.2) is 13.1 Å². The summed E-state index contributed by atoms with van der Waals surface area (Å²) in [7, 11) is -2.72. The van der Waals surface area contributed by atoms with Crippen molar-refractivity contribution < 1.29 is 0 Å². The Bertz CT molecular complexity index is 2410. The maximum Gasteiger partial charge on any atom is 0.182 e. The number of fused-ring (bicyclic) bond motifs is 4. The van der Waals surface area contributed by atoms with Gasteiger partial charge in [-0.25, -0.2) is 0 Å². The van der Waals surface area contributed by atoms with Gasteiger partial charge in [-0.1, -0.05) is 139 Å². The van der Waals surface area contributed by atoms with Gasteiger partial charge in [0.05, 0.1) is 0 Å². The molecule has 232 valence electrons. The van der Waals surface area contributed by atoms with Gasteiger partial charge in [0.25, 0.3) is 0 Å². The fraction of sp³-hybridized carbons (Fsp3) is 0. The molecular formula is C45H31ClN2Si. The van der Waals surface area contributed by atoms with Crippen LogP contribution < -0.4 is 25.6 Å². The summed E-state index contributed by atoms with van der Waals surface area (Å²) in [5, 5.41) is 8.39. The molecule has 1 aliphatic rings. The lowest BCUT2D eigenvalue weighted by atomic mass is 10.0. The van der Waals surface area contributed by atoms with E-state index in [0.29, 0.717) is 0 Å². The second-order valence-electron chi connectivity index (χ2n) is 12.5. The molecule has 0 amide bonds. The largest absolute Gasteiger partial charge is 0.310 e. The van der Waals surface area contributed by atoms with Crippen molar-refractivity contribution in [2.24, 2.45) is 0 Å². The summed E-state index contributed by atoms with van der Waals surface area (Å²) in [6, 6.07) is 63.4. The molecule has 1 aromatic heterocycles. The number of benzene rings is 7. The van der Waals surface area contributed by atoms with E-state index in [0.717, 1.165) is 27.6 Å². The highest BCUT2D eigenvalue weighted by Crippen LogP contribution is 2.41. The Morgan fingerprint density at radius 3 is 1.90 bits per heavy atom. The van der Waals surface area contributed by atoms with Crippen molar-refractivity contribution in [3.63, 3.8) is 0 Å². The van der Waals surface area contributed by atoms with Crippen LogP contribution in [0.2, 0.25) is 5.02 Å². The number of anilines is 3. The van der Waals surface area contributed by atoms with Crippen molar-refractivity contribution in [2.75, 3.05) is 4.90 Å². The molecule has 0 saturated heterocycles. The van der Waals surface area contributed by atoms with Gasteiger partial charge in [-0.05, 0) is 96.7 Å². The highest BCUT2D eigenvalue weighted by atomic mass is 35.5. The Balaban J connectivity index is 1.28. The summed E-state index contributed by atoms with van der Waals surface area (Å²) in [5.41, 5.74) is 7.97. The molecule has 2 nitrogen and oxygen atoms in total. The molecule has 1 atom stereocenters. The minimum Gasteiger partial charge on any atom is -0.310 e. The van der Waals surface area contributed by atoms with Crippen LogP contribution in [0.3, 0.4) is 0 Å². The first kappa shape index (κ1) is 29.4. The topological polar surface area (TPSA) is 16.1 Å². The maximum atomic E-state index is 7.20. The molecule has 0 saturated carbocycles. The second-order valence-corrected chi connectivity index (χ2v) is 16.7. The van der Waals surface area contributed by atoms with Crippen molar-refractivity contribution in [1.29, 1.82) is 0 Å². The highest BCUT2D eigenvalue weighted by molar-refractivity contribution is 7.22. The van der Waals surface area contributed by atoms with E-state index < -0.39 is 8.07 Å². The minimum absolute atomic E-state index is 0.773. The number of aromatic nitrogens is 1. The number of halogens is 1. The van der Waals surface area contributed by atoms with E-state index in [1.54, 1.807) is 0 Å². The molecule has 9 rings (SSSR count). The lowest BCUT2D eigenvalue weighted by Crippen LogP contribution is -2.72. The average Bonchev–Trinajstić information content (AvgIpc) is 3.48. The summed E-state index contributed by atoms with van der Waals surface area (Å²) < 4.78 is 0. The molecule has 4 heteroatoms. The van der Waals surface area contributed by atoms with E-state index in [1.807, 2.05) is 12.3 Å². The molecule has 0 fully saturated rings. The fourth-order valence-electron chi connectivity index (χ4n) is 7.72. The Morgan fingerprint density at radius 2 is 1.12 bits per heavy atom. The average molecular weight is 663 g/mol. The number of hydrogen-bond acceptors (Lipinski definition) is 2. The van der Waals surface area contributed by atoms with Crippen molar-refractivity contribution in [3.05, 3.63) is 193 Å². The third-order valence-electron chi connectivity index (χ3n) is 9.88. The van der Waals surface area contributed by atoms with Crippen LogP contribution >= 0.6 is 11.6 Å². The molecule has 1 unspecified atom stereocenters. The SMILES string of the molecule is Clc1cccc2c1-c1cc(N(c3ccc(-c4ccccc4)cc3)c3ccc4ccccc4c3)ccc1[Si]2(c1ccccc1)c1cccnc1. The van der Waals surface area contributed by atoms with Gasteiger partial charge in [0.2, 0.25) is 0 Å². The van der Waals surface area contributed by atoms with Gasteiger partial charge in [-0.3, -0.25) is 4.98 Å². The zero-order valence-electron chi connectivity index (χ0n) is 26.7. The summed E-state index contributed by atoms with van der Waals surface area (Å²) in [5.74, 6) is 0. The lowest BCUT2D eigenvalue weighted by Gasteiger charge is -2.31.